The molecule has 202 valence electrons. The number of aryl methyl sites for hydroxylation is 1. The molecule has 2 aliphatic rings. The molecule has 3 aromatic rings. The fourth-order valence-electron chi connectivity index (χ4n) is 5.38. The van der Waals surface area contributed by atoms with Crippen LogP contribution in [0.1, 0.15) is 61.4 Å². The number of hydrogen-bond acceptors (Lipinski definition) is 5. The molecule has 0 unspecified atom stereocenters. The summed E-state index contributed by atoms with van der Waals surface area (Å²) in [5, 5.41) is 15.6. The first kappa shape index (κ1) is 26.7. The van der Waals surface area contributed by atoms with E-state index in [0.717, 1.165) is 25.7 Å². The summed E-state index contributed by atoms with van der Waals surface area (Å²) in [6, 6.07) is 11.1. The first-order valence-electron chi connectivity index (χ1n) is 13.4. The SMILES string of the molecule is CCn1c(=O)n(CC2CC2)c(=O)c2cc(NC(=O)[C@H]3CCCC[C@H]3NC(=O)c3ccc(C#N)c(Cl)c3)ccc21. The third kappa shape index (κ3) is 5.48. The highest BCUT2D eigenvalue weighted by Gasteiger charge is 2.32. The highest BCUT2D eigenvalue weighted by Crippen LogP contribution is 2.30. The number of benzene rings is 2. The van der Waals surface area contributed by atoms with Gasteiger partial charge in [-0.1, -0.05) is 24.4 Å². The molecule has 2 N–H and O–H groups in total. The van der Waals surface area contributed by atoms with Crippen LogP contribution in [-0.4, -0.2) is 27.0 Å². The molecule has 2 saturated carbocycles. The topological polar surface area (TPSA) is 126 Å². The lowest BCUT2D eigenvalue weighted by Crippen LogP contribution is -2.46. The molecule has 2 aromatic carbocycles. The fourth-order valence-corrected chi connectivity index (χ4v) is 5.60. The maximum Gasteiger partial charge on any atom is 0.331 e. The largest absolute Gasteiger partial charge is 0.349 e. The lowest BCUT2D eigenvalue weighted by Gasteiger charge is -2.31. The van der Waals surface area contributed by atoms with Gasteiger partial charge in [0.25, 0.3) is 11.5 Å². The van der Waals surface area contributed by atoms with Crippen molar-refractivity contribution in [1.82, 2.24) is 14.5 Å². The van der Waals surface area contributed by atoms with E-state index in [0.29, 0.717) is 54.0 Å². The number of carbonyl (C=O) groups excluding carboxylic acids is 2. The van der Waals surface area contributed by atoms with Crippen molar-refractivity contribution in [1.29, 1.82) is 5.26 Å². The van der Waals surface area contributed by atoms with Gasteiger partial charge in [-0.3, -0.25) is 23.5 Å². The summed E-state index contributed by atoms with van der Waals surface area (Å²) in [6.45, 7) is 2.71. The average Bonchev–Trinajstić information content (AvgIpc) is 3.76. The van der Waals surface area contributed by atoms with Gasteiger partial charge in [-0.2, -0.15) is 5.26 Å². The van der Waals surface area contributed by atoms with Crippen LogP contribution in [0.15, 0.2) is 46.0 Å². The Hall–Kier alpha value is -3.90. The minimum Gasteiger partial charge on any atom is -0.349 e. The van der Waals surface area contributed by atoms with E-state index in [1.54, 1.807) is 28.8 Å². The number of anilines is 1. The number of nitrogens with zero attached hydrogens (tertiary/aromatic N) is 3. The zero-order valence-corrected chi connectivity index (χ0v) is 22.5. The van der Waals surface area contributed by atoms with Crippen molar-refractivity contribution in [3.8, 4) is 6.07 Å². The van der Waals surface area contributed by atoms with Gasteiger partial charge in [0.05, 0.1) is 27.4 Å². The zero-order chi connectivity index (χ0) is 27.7. The first-order valence-corrected chi connectivity index (χ1v) is 13.8. The van der Waals surface area contributed by atoms with E-state index < -0.39 is 5.92 Å². The molecule has 0 aliphatic heterocycles. The Morgan fingerprint density at radius 2 is 1.82 bits per heavy atom. The smallest absolute Gasteiger partial charge is 0.331 e. The molecule has 2 atom stereocenters. The van der Waals surface area contributed by atoms with Crippen molar-refractivity contribution < 1.29 is 9.59 Å². The Labute approximate surface area is 230 Å². The molecule has 2 aliphatic carbocycles. The molecule has 0 spiro atoms. The van der Waals surface area contributed by atoms with E-state index in [9.17, 15) is 19.2 Å². The Kier molecular flexibility index (Phi) is 7.58. The van der Waals surface area contributed by atoms with Crippen LogP contribution in [0.2, 0.25) is 5.02 Å². The van der Waals surface area contributed by atoms with Crippen LogP contribution in [0, 0.1) is 23.2 Å². The van der Waals surface area contributed by atoms with Gasteiger partial charge >= 0.3 is 5.69 Å². The number of rotatable bonds is 7. The lowest BCUT2D eigenvalue weighted by molar-refractivity contribution is -0.121. The number of nitrogens with one attached hydrogen (secondary N) is 2. The Balaban J connectivity index is 1.37. The standard InChI is InChI=1S/C29H30ClN5O4/c1-2-34-25-12-11-20(14-22(25)28(38)35(29(34)39)16-17-7-8-17)32-27(37)21-5-3-4-6-24(21)33-26(36)18-9-10-19(15-31)23(30)13-18/h9-14,17,21,24H,2-8,16H2,1H3,(H,32,37)(H,33,36)/t21-,24+/m0/s1. The second-order valence-electron chi connectivity index (χ2n) is 10.4. The summed E-state index contributed by atoms with van der Waals surface area (Å²) in [4.78, 5) is 52.5. The van der Waals surface area contributed by atoms with Gasteiger partial charge in [-0.15, -0.1) is 0 Å². The van der Waals surface area contributed by atoms with Crippen LogP contribution >= 0.6 is 11.6 Å². The van der Waals surface area contributed by atoms with Crippen molar-refractivity contribution in [2.75, 3.05) is 5.32 Å². The maximum atomic E-state index is 13.4. The van der Waals surface area contributed by atoms with Crippen LogP contribution in [0.25, 0.3) is 10.9 Å². The van der Waals surface area contributed by atoms with Crippen molar-refractivity contribution in [3.63, 3.8) is 0 Å². The molecule has 10 heteroatoms. The molecule has 1 heterocycles. The summed E-state index contributed by atoms with van der Waals surface area (Å²) in [7, 11) is 0. The highest BCUT2D eigenvalue weighted by atomic mass is 35.5. The van der Waals surface area contributed by atoms with E-state index >= 15 is 0 Å². The first-order chi connectivity index (χ1) is 18.8. The summed E-state index contributed by atoms with van der Waals surface area (Å²) in [5.41, 5.74) is 0.978. The molecular weight excluding hydrogens is 518 g/mol. The molecule has 1 aromatic heterocycles. The third-order valence-electron chi connectivity index (χ3n) is 7.72. The molecule has 0 bridgehead atoms. The van der Waals surface area contributed by atoms with Gasteiger partial charge in [0.1, 0.15) is 6.07 Å². The number of carbonyl (C=O) groups is 2. The van der Waals surface area contributed by atoms with Crippen molar-refractivity contribution in [3.05, 3.63) is 73.4 Å². The van der Waals surface area contributed by atoms with Crippen molar-refractivity contribution in [2.24, 2.45) is 11.8 Å². The van der Waals surface area contributed by atoms with E-state index in [-0.39, 0.29) is 39.7 Å². The number of fused-ring (bicyclic) bond motifs is 1. The molecule has 2 fully saturated rings. The lowest BCUT2D eigenvalue weighted by atomic mass is 9.83. The highest BCUT2D eigenvalue weighted by molar-refractivity contribution is 6.32. The molecule has 9 nitrogen and oxygen atoms in total. The molecular formula is C29H30ClN5O4. The Morgan fingerprint density at radius 3 is 2.51 bits per heavy atom. The van der Waals surface area contributed by atoms with Gasteiger partial charge < -0.3 is 10.6 Å². The number of amides is 2. The summed E-state index contributed by atoms with van der Waals surface area (Å²) >= 11 is 6.09. The minimum atomic E-state index is -0.455. The van der Waals surface area contributed by atoms with Gasteiger partial charge in [-0.25, -0.2) is 4.79 Å². The van der Waals surface area contributed by atoms with Gasteiger partial charge in [0.15, 0.2) is 0 Å². The molecule has 0 radical (unpaired) electrons. The second-order valence-corrected chi connectivity index (χ2v) is 10.8. The summed E-state index contributed by atoms with van der Waals surface area (Å²) in [5.74, 6) is -0.687. The average molecular weight is 548 g/mol. The fraction of sp³-hybridized carbons (Fsp3) is 0.414. The predicted molar refractivity (Wildman–Crippen MR) is 149 cm³/mol. The maximum absolute atomic E-state index is 13.4. The number of hydrogen-bond donors (Lipinski definition) is 2. The number of halogens is 1. The molecule has 5 rings (SSSR count). The third-order valence-corrected chi connectivity index (χ3v) is 8.03. The Morgan fingerprint density at radius 1 is 1.05 bits per heavy atom. The van der Waals surface area contributed by atoms with Crippen LogP contribution in [0.5, 0.6) is 0 Å². The van der Waals surface area contributed by atoms with E-state index in [4.69, 9.17) is 16.9 Å². The summed E-state index contributed by atoms with van der Waals surface area (Å²) in [6.07, 6.45) is 5.04. The van der Waals surface area contributed by atoms with Crippen LogP contribution in [0.3, 0.4) is 0 Å². The monoisotopic (exact) mass is 547 g/mol. The Bertz CT molecular complexity index is 1610. The summed E-state index contributed by atoms with van der Waals surface area (Å²) < 4.78 is 2.91. The molecule has 39 heavy (non-hydrogen) atoms. The van der Waals surface area contributed by atoms with E-state index in [1.165, 1.54) is 16.7 Å². The predicted octanol–water partition coefficient (Wildman–Crippen LogP) is 4.05. The van der Waals surface area contributed by atoms with E-state index in [2.05, 4.69) is 10.6 Å². The van der Waals surface area contributed by atoms with Gasteiger partial charge in [-0.05, 0) is 74.9 Å². The van der Waals surface area contributed by atoms with Crippen molar-refractivity contribution >= 4 is 40.0 Å². The molecule has 0 saturated heterocycles. The van der Waals surface area contributed by atoms with Crippen LogP contribution < -0.4 is 21.9 Å². The van der Waals surface area contributed by atoms with Gasteiger partial charge in [0.2, 0.25) is 5.91 Å². The zero-order valence-electron chi connectivity index (χ0n) is 21.7. The van der Waals surface area contributed by atoms with Gasteiger partial charge in [0, 0.05) is 30.4 Å². The number of aromatic nitrogens is 2. The number of nitriles is 1. The van der Waals surface area contributed by atoms with E-state index in [1.807, 2.05) is 13.0 Å². The normalized spacial score (nSPS) is 18.9. The quantitative estimate of drug-likeness (QED) is 0.461. The van der Waals surface area contributed by atoms with Crippen LogP contribution in [-0.2, 0) is 17.9 Å². The van der Waals surface area contributed by atoms with Crippen LogP contribution in [0.4, 0.5) is 5.69 Å². The minimum absolute atomic E-state index is 0.198. The second kappa shape index (κ2) is 11.1. The molecule has 2 amide bonds. The van der Waals surface area contributed by atoms with Crippen molar-refractivity contribution in [2.45, 2.75) is 64.6 Å².